The van der Waals surface area contributed by atoms with E-state index in [4.69, 9.17) is 9.47 Å². The van der Waals surface area contributed by atoms with Gasteiger partial charge in [0.25, 0.3) is 0 Å². The van der Waals surface area contributed by atoms with Gasteiger partial charge in [0, 0.05) is 31.1 Å². The highest BCUT2D eigenvalue weighted by Crippen LogP contribution is 2.31. The van der Waals surface area contributed by atoms with E-state index in [0.29, 0.717) is 18.2 Å². The molecule has 106 valence electrons. The van der Waals surface area contributed by atoms with Crippen LogP contribution in [0, 0.1) is 0 Å². The first-order valence-corrected chi connectivity index (χ1v) is 8.50. The third kappa shape index (κ3) is 3.41. The largest absolute Gasteiger partial charge is 0.377 e. The third-order valence-electron chi connectivity index (χ3n) is 4.31. The first-order valence-electron chi connectivity index (χ1n) is 7.21. The zero-order valence-corrected chi connectivity index (χ0v) is 12.7. The standard InChI is InChI=1S/C14H27NO2S/c1-4-17-13-9-12(14(13)16-2)15-10-6-5-7-11(8-10)18-3/h10-15H,4-9H2,1-3H3. The van der Waals surface area contributed by atoms with E-state index in [9.17, 15) is 0 Å². The van der Waals surface area contributed by atoms with E-state index in [1.54, 1.807) is 7.11 Å². The Hall–Kier alpha value is 0.230. The van der Waals surface area contributed by atoms with E-state index in [2.05, 4.69) is 18.5 Å². The second kappa shape index (κ2) is 7.13. The van der Waals surface area contributed by atoms with Crippen LogP contribution < -0.4 is 5.32 Å². The van der Waals surface area contributed by atoms with Gasteiger partial charge in [0.15, 0.2) is 0 Å². The maximum absolute atomic E-state index is 5.67. The predicted octanol–water partition coefficient (Wildman–Crippen LogP) is 2.44. The zero-order valence-electron chi connectivity index (χ0n) is 11.9. The molecule has 5 atom stereocenters. The number of hydrogen-bond donors (Lipinski definition) is 1. The molecule has 1 N–H and O–H groups in total. The summed E-state index contributed by atoms with van der Waals surface area (Å²) in [6, 6.07) is 1.18. The van der Waals surface area contributed by atoms with Gasteiger partial charge in [-0.1, -0.05) is 6.42 Å². The Bertz CT molecular complexity index is 252. The van der Waals surface area contributed by atoms with Gasteiger partial charge in [-0.15, -0.1) is 0 Å². The van der Waals surface area contributed by atoms with E-state index in [1.807, 2.05) is 11.8 Å². The number of nitrogens with one attached hydrogen (secondary N) is 1. The number of rotatable bonds is 6. The van der Waals surface area contributed by atoms with Crippen LogP contribution in [0.3, 0.4) is 0 Å². The van der Waals surface area contributed by atoms with Crippen LogP contribution in [0.2, 0.25) is 0 Å². The monoisotopic (exact) mass is 273 g/mol. The molecule has 0 radical (unpaired) electrons. The molecule has 2 fully saturated rings. The molecule has 0 spiro atoms. The van der Waals surface area contributed by atoms with Crippen molar-refractivity contribution in [2.24, 2.45) is 0 Å². The van der Waals surface area contributed by atoms with Crippen LogP contribution in [-0.4, -0.2) is 49.5 Å². The molecular formula is C14H27NO2S. The average molecular weight is 273 g/mol. The lowest BCUT2D eigenvalue weighted by molar-refractivity contribution is -0.133. The molecule has 4 heteroatoms. The second-order valence-electron chi connectivity index (χ2n) is 5.42. The van der Waals surface area contributed by atoms with Gasteiger partial charge in [-0.3, -0.25) is 0 Å². The van der Waals surface area contributed by atoms with E-state index in [1.165, 1.54) is 25.7 Å². The quantitative estimate of drug-likeness (QED) is 0.805. The van der Waals surface area contributed by atoms with E-state index < -0.39 is 0 Å². The van der Waals surface area contributed by atoms with Gasteiger partial charge < -0.3 is 14.8 Å². The molecule has 0 aliphatic heterocycles. The first-order chi connectivity index (χ1) is 8.78. The van der Waals surface area contributed by atoms with Gasteiger partial charge in [0.05, 0.1) is 12.2 Å². The van der Waals surface area contributed by atoms with Crippen molar-refractivity contribution in [3.8, 4) is 0 Å². The number of hydrogen-bond acceptors (Lipinski definition) is 4. The highest BCUT2D eigenvalue weighted by molar-refractivity contribution is 7.99. The molecule has 0 amide bonds. The topological polar surface area (TPSA) is 30.5 Å². The summed E-state index contributed by atoms with van der Waals surface area (Å²) in [6.07, 6.45) is 9.28. The molecule has 0 aromatic carbocycles. The lowest BCUT2D eigenvalue weighted by Gasteiger charge is -2.46. The molecule has 0 aromatic rings. The van der Waals surface area contributed by atoms with Crippen LogP contribution in [0.1, 0.15) is 39.0 Å². The Kier molecular flexibility index (Phi) is 5.80. The van der Waals surface area contributed by atoms with Crippen molar-refractivity contribution < 1.29 is 9.47 Å². The van der Waals surface area contributed by atoms with Gasteiger partial charge in [-0.05, 0) is 38.9 Å². The molecule has 2 rings (SSSR count). The van der Waals surface area contributed by atoms with Crippen molar-refractivity contribution in [3.63, 3.8) is 0 Å². The Balaban J connectivity index is 1.76. The number of ether oxygens (including phenoxy) is 2. The Morgan fingerprint density at radius 3 is 2.78 bits per heavy atom. The summed E-state index contributed by atoms with van der Waals surface area (Å²) in [4.78, 5) is 0. The van der Waals surface area contributed by atoms with Crippen molar-refractivity contribution in [3.05, 3.63) is 0 Å². The van der Waals surface area contributed by atoms with E-state index in [0.717, 1.165) is 18.3 Å². The van der Waals surface area contributed by atoms with Crippen molar-refractivity contribution in [1.82, 2.24) is 5.32 Å². The van der Waals surface area contributed by atoms with E-state index in [-0.39, 0.29) is 6.10 Å². The van der Waals surface area contributed by atoms with Crippen LogP contribution in [0.5, 0.6) is 0 Å². The fourth-order valence-corrected chi connectivity index (χ4v) is 4.08. The van der Waals surface area contributed by atoms with Crippen LogP contribution in [0.4, 0.5) is 0 Å². The van der Waals surface area contributed by atoms with Gasteiger partial charge in [-0.2, -0.15) is 11.8 Å². The maximum Gasteiger partial charge on any atom is 0.0986 e. The van der Waals surface area contributed by atoms with Gasteiger partial charge >= 0.3 is 0 Å². The Labute approximate surface area is 115 Å². The molecule has 2 aliphatic carbocycles. The molecule has 0 bridgehead atoms. The highest BCUT2D eigenvalue weighted by atomic mass is 32.2. The molecule has 18 heavy (non-hydrogen) atoms. The smallest absolute Gasteiger partial charge is 0.0986 e. The summed E-state index contributed by atoms with van der Waals surface area (Å²) in [7, 11) is 1.80. The summed E-state index contributed by atoms with van der Waals surface area (Å²) in [5.74, 6) is 0. The summed E-state index contributed by atoms with van der Waals surface area (Å²) in [5.41, 5.74) is 0. The van der Waals surface area contributed by atoms with Crippen LogP contribution in [0.15, 0.2) is 0 Å². The summed E-state index contributed by atoms with van der Waals surface area (Å²) < 4.78 is 11.2. The fourth-order valence-electron chi connectivity index (χ4n) is 3.25. The van der Waals surface area contributed by atoms with Gasteiger partial charge in [-0.25, -0.2) is 0 Å². The fraction of sp³-hybridized carbons (Fsp3) is 1.00. The summed E-state index contributed by atoms with van der Waals surface area (Å²) in [5, 5.41) is 4.64. The molecule has 2 aliphatic rings. The third-order valence-corrected chi connectivity index (χ3v) is 5.41. The van der Waals surface area contributed by atoms with Crippen molar-refractivity contribution in [2.45, 2.75) is 68.6 Å². The molecule has 3 nitrogen and oxygen atoms in total. The molecule has 0 aromatic heterocycles. The highest BCUT2D eigenvalue weighted by Gasteiger charge is 2.43. The minimum atomic E-state index is 0.250. The molecule has 0 saturated heterocycles. The zero-order chi connectivity index (χ0) is 13.0. The van der Waals surface area contributed by atoms with Crippen LogP contribution >= 0.6 is 11.8 Å². The van der Waals surface area contributed by atoms with Crippen molar-refractivity contribution >= 4 is 11.8 Å². The number of thioether (sulfide) groups is 1. The second-order valence-corrected chi connectivity index (χ2v) is 6.56. The summed E-state index contributed by atoms with van der Waals surface area (Å²) in [6.45, 7) is 2.84. The molecular weight excluding hydrogens is 246 g/mol. The van der Waals surface area contributed by atoms with Crippen LogP contribution in [0.25, 0.3) is 0 Å². The lowest BCUT2D eigenvalue weighted by Crippen LogP contribution is -2.62. The minimum Gasteiger partial charge on any atom is -0.377 e. The Morgan fingerprint density at radius 2 is 2.11 bits per heavy atom. The lowest BCUT2D eigenvalue weighted by atomic mass is 9.83. The average Bonchev–Trinajstić information content (AvgIpc) is 2.38. The van der Waals surface area contributed by atoms with Crippen molar-refractivity contribution in [2.75, 3.05) is 20.0 Å². The molecule has 2 saturated carbocycles. The van der Waals surface area contributed by atoms with Crippen LogP contribution in [-0.2, 0) is 9.47 Å². The van der Waals surface area contributed by atoms with E-state index >= 15 is 0 Å². The van der Waals surface area contributed by atoms with Gasteiger partial charge in [0.2, 0.25) is 0 Å². The normalized spacial score (nSPS) is 40.5. The number of methoxy groups -OCH3 is 1. The minimum absolute atomic E-state index is 0.250. The van der Waals surface area contributed by atoms with Gasteiger partial charge in [0.1, 0.15) is 0 Å². The SMILES string of the molecule is CCOC1CC(NC2CCCC(SC)C2)C1OC. The van der Waals surface area contributed by atoms with Crippen molar-refractivity contribution in [1.29, 1.82) is 0 Å². The Morgan fingerprint density at radius 1 is 1.28 bits per heavy atom. The summed E-state index contributed by atoms with van der Waals surface area (Å²) >= 11 is 2.02. The first kappa shape index (κ1) is 14.6. The predicted molar refractivity (Wildman–Crippen MR) is 77.3 cm³/mol. The maximum atomic E-state index is 5.67. The molecule has 0 heterocycles. The molecule has 5 unspecified atom stereocenters.